The summed E-state index contributed by atoms with van der Waals surface area (Å²) in [5.74, 6) is 0. The molecule has 1 aromatic heterocycles. The SMILES string of the molecule is Cc1ccc(Nc2nc3cc(Cl)ccc3s2)cc1Cl. The molecule has 0 radical (unpaired) electrons. The van der Waals surface area contributed by atoms with E-state index in [1.807, 2.05) is 43.3 Å². The third kappa shape index (κ3) is 2.68. The minimum atomic E-state index is 0.697. The summed E-state index contributed by atoms with van der Waals surface area (Å²) in [6, 6.07) is 11.6. The normalized spacial score (nSPS) is 10.9. The molecule has 5 heteroatoms. The molecule has 2 nitrogen and oxygen atoms in total. The average Bonchev–Trinajstić information content (AvgIpc) is 2.75. The van der Waals surface area contributed by atoms with Gasteiger partial charge in [-0.2, -0.15) is 0 Å². The van der Waals surface area contributed by atoms with Crippen molar-refractivity contribution >= 4 is 55.6 Å². The molecule has 0 bridgehead atoms. The Hall–Kier alpha value is -1.29. The van der Waals surface area contributed by atoms with Gasteiger partial charge in [0.05, 0.1) is 10.2 Å². The first-order valence-corrected chi connectivity index (χ1v) is 7.28. The number of nitrogens with zero attached hydrogens (tertiary/aromatic N) is 1. The van der Waals surface area contributed by atoms with Crippen molar-refractivity contribution in [2.24, 2.45) is 0 Å². The van der Waals surface area contributed by atoms with Crippen LogP contribution in [0.5, 0.6) is 0 Å². The van der Waals surface area contributed by atoms with E-state index in [0.717, 1.165) is 31.6 Å². The van der Waals surface area contributed by atoms with Gasteiger partial charge in [-0.25, -0.2) is 4.98 Å². The van der Waals surface area contributed by atoms with Crippen molar-refractivity contribution in [3.63, 3.8) is 0 Å². The fourth-order valence-electron chi connectivity index (χ4n) is 1.75. The topological polar surface area (TPSA) is 24.9 Å². The lowest BCUT2D eigenvalue weighted by molar-refractivity contribution is 1.42. The van der Waals surface area contributed by atoms with Crippen LogP contribution in [-0.4, -0.2) is 4.98 Å². The molecule has 0 unspecified atom stereocenters. The van der Waals surface area contributed by atoms with Crippen LogP contribution in [0.15, 0.2) is 36.4 Å². The van der Waals surface area contributed by atoms with E-state index in [-0.39, 0.29) is 0 Å². The number of aromatic nitrogens is 1. The van der Waals surface area contributed by atoms with Crippen LogP contribution in [0.25, 0.3) is 10.2 Å². The van der Waals surface area contributed by atoms with E-state index in [0.29, 0.717) is 5.02 Å². The maximum absolute atomic E-state index is 6.11. The van der Waals surface area contributed by atoms with Gasteiger partial charge in [-0.05, 0) is 42.8 Å². The molecule has 3 aromatic rings. The molecule has 0 aliphatic rings. The number of nitrogens with one attached hydrogen (secondary N) is 1. The van der Waals surface area contributed by atoms with Crippen LogP contribution in [0, 0.1) is 6.92 Å². The third-order valence-electron chi connectivity index (χ3n) is 2.77. The van der Waals surface area contributed by atoms with Crippen molar-refractivity contribution < 1.29 is 0 Å². The van der Waals surface area contributed by atoms with Crippen LogP contribution in [0.1, 0.15) is 5.56 Å². The molecule has 0 saturated heterocycles. The molecule has 1 heterocycles. The van der Waals surface area contributed by atoms with Crippen molar-refractivity contribution in [2.75, 3.05) is 5.32 Å². The quantitative estimate of drug-likeness (QED) is 0.661. The summed E-state index contributed by atoms with van der Waals surface area (Å²) in [7, 11) is 0. The highest BCUT2D eigenvalue weighted by atomic mass is 35.5. The third-order valence-corrected chi connectivity index (χ3v) is 4.37. The number of benzene rings is 2. The average molecular weight is 309 g/mol. The fraction of sp³-hybridized carbons (Fsp3) is 0.0714. The number of hydrogen-bond acceptors (Lipinski definition) is 3. The Labute approximate surface area is 125 Å². The molecule has 2 aromatic carbocycles. The van der Waals surface area contributed by atoms with Gasteiger partial charge in [-0.3, -0.25) is 0 Å². The first-order chi connectivity index (χ1) is 9.11. The summed E-state index contributed by atoms with van der Waals surface area (Å²) in [5.41, 5.74) is 2.89. The maximum atomic E-state index is 6.11. The minimum absolute atomic E-state index is 0.697. The number of anilines is 2. The van der Waals surface area contributed by atoms with Crippen molar-refractivity contribution in [1.82, 2.24) is 4.98 Å². The Kier molecular flexibility index (Phi) is 3.35. The summed E-state index contributed by atoms with van der Waals surface area (Å²) >= 11 is 13.6. The Morgan fingerprint density at radius 2 is 1.95 bits per heavy atom. The van der Waals surface area contributed by atoms with E-state index < -0.39 is 0 Å². The standard InChI is InChI=1S/C14H10Cl2N2S/c1-8-2-4-10(7-11(8)16)17-14-18-12-6-9(15)3-5-13(12)19-14/h2-7H,1H3,(H,17,18). The van der Waals surface area contributed by atoms with Crippen LogP contribution >= 0.6 is 34.5 Å². The molecule has 0 spiro atoms. The number of hydrogen-bond donors (Lipinski definition) is 1. The Bertz CT molecular complexity index is 752. The Morgan fingerprint density at radius 3 is 2.74 bits per heavy atom. The van der Waals surface area contributed by atoms with E-state index in [9.17, 15) is 0 Å². The van der Waals surface area contributed by atoms with Crippen LogP contribution in [0.2, 0.25) is 10.0 Å². The molecule has 0 atom stereocenters. The van der Waals surface area contributed by atoms with Crippen LogP contribution in [0.3, 0.4) is 0 Å². The van der Waals surface area contributed by atoms with Gasteiger partial charge in [0.25, 0.3) is 0 Å². The van der Waals surface area contributed by atoms with Crippen LogP contribution < -0.4 is 5.32 Å². The molecular weight excluding hydrogens is 299 g/mol. The van der Waals surface area contributed by atoms with Crippen molar-refractivity contribution in [3.05, 3.63) is 52.0 Å². The van der Waals surface area contributed by atoms with Crippen LogP contribution in [-0.2, 0) is 0 Å². The number of rotatable bonds is 2. The van der Waals surface area contributed by atoms with Crippen molar-refractivity contribution in [3.8, 4) is 0 Å². The van der Waals surface area contributed by atoms with E-state index in [4.69, 9.17) is 23.2 Å². The van der Waals surface area contributed by atoms with Gasteiger partial charge < -0.3 is 5.32 Å². The molecular formula is C14H10Cl2N2S. The van der Waals surface area contributed by atoms with Crippen LogP contribution in [0.4, 0.5) is 10.8 Å². The highest BCUT2D eigenvalue weighted by Gasteiger charge is 2.05. The first kappa shape index (κ1) is 12.7. The molecule has 0 aliphatic carbocycles. The van der Waals surface area contributed by atoms with E-state index in [1.54, 1.807) is 11.3 Å². The van der Waals surface area contributed by atoms with E-state index >= 15 is 0 Å². The summed E-state index contributed by atoms with van der Waals surface area (Å²) < 4.78 is 1.10. The first-order valence-electron chi connectivity index (χ1n) is 5.71. The van der Waals surface area contributed by atoms with E-state index in [1.165, 1.54) is 0 Å². The molecule has 3 rings (SSSR count). The highest BCUT2D eigenvalue weighted by molar-refractivity contribution is 7.22. The molecule has 19 heavy (non-hydrogen) atoms. The summed E-state index contributed by atoms with van der Waals surface area (Å²) in [6.45, 7) is 1.98. The molecule has 0 saturated carbocycles. The molecule has 0 fully saturated rings. The zero-order valence-electron chi connectivity index (χ0n) is 10.1. The van der Waals surface area contributed by atoms with Gasteiger partial charge in [0.1, 0.15) is 0 Å². The number of thiazole rings is 1. The number of fused-ring (bicyclic) bond motifs is 1. The summed E-state index contributed by atoms with van der Waals surface area (Å²) in [5, 5.41) is 5.53. The van der Waals surface area contributed by atoms with Gasteiger partial charge in [0.2, 0.25) is 0 Å². The second kappa shape index (κ2) is 5.00. The predicted octanol–water partition coefficient (Wildman–Crippen LogP) is 5.66. The van der Waals surface area contributed by atoms with E-state index in [2.05, 4.69) is 10.3 Å². The monoisotopic (exact) mass is 308 g/mol. The lowest BCUT2D eigenvalue weighted by Gasteiger charge is -2.04. The van der Waals surface area contributed by atoms with Gasteiger partial charge >= 0.3 is 0 Å². The number of aryl methyl sites for hydroxylation is 1. The smallest absolute Gasteiger partial charge is 0.188 e. The highest BCUT2D eigenvalue weighted by Crippen LogP contribution is 2.31. The predicted molar refractivity (Wildman–Crippen MR) is 84.1 cm³/mol. The van der Waals surface area contributed by atoms with Gasteiger partial charge in [0, 0.05) is 15.7 Å². The van der Waals surface area contributed by atoms with Gasteiger partial charge in [0.15, 0.2) is 5.13 Å². The second-order valence-corrected chi connectivity index (χ2v) is 6.09. The second-order valence-electron chi connectivity index (χ2n) is 4.22. The maximum Gasteiger partial charge on any atom is 0.188 e. The molecule has 0 amide bonds. The molecule has 1 N–H and O–H groups in total. The Balaban J connectivity index is 1.94. The molecule has 96 valence electrons. The van der Waals surface area contributed by atoms with Gasteiger partial charge in [-0.1, -0.05) is 40.6 Å². The molecule has 0 aliphatic heterocycles. The van der Waals surface area contributed by atoms with Crippen molar-refractivity contribution in [1.29, 1.82) is 0 Å². The summed E-state index contributed by atoms with van der Waals surface area (Å²) in [4.78, 5) is 4.50. The fourth-order valence-corrected chi connectivity index (χ4v) is 2.96. The van der Waals surface area contributed by atoms with Gasteiger partial charge in [-0.15, -0.1) is 0 Å². The lowest BCUT2D eigenvalue weighted by Crippen LogP contribution is -1.89. The lowest BCUT2D eigenvalue weighted by atomic mass is 10.2. The zero-order valence-corrected chi connectivity index (χ0v) is 12.4. The zero-order chi connectivity index (χ0) is 13.4. The van der Waals surface area contributed by atoms with Crippen molar-refractivity contribution in [2.45, 2.75) is 6.92 Å². The largest absolute Gasteiger partial charge is 0.331 e. The minimum Gasteiger partial charge on any atom is -0.331 e. The Morgan fingerprint density at radius 1 is 1.11 bits per heavy atom. The number of halogens is 2. The summed E-state index contributed by atoms with van der Waals surface area (Å²) in [6.07, 6.45) is 0.